The molecule has 1 aromatic heterocycles. The molecule has 0 saturated heterocycles. The van der Waals surface area contributed by atoms with E-state index in [9.17, 15) is 13.2 Å². The van der Waals surface area contributed by atoms with Crippen molar-refractivity contribution in [2.24, 2.45) is 0 Å². The van der Waals surface area contributed by atoms with Gasteiger partial charge in [-0.3, -0.25) is 0 Å². The molecule has 0 aliphatic carbocycles. The Morgan fingerprint density at radius 3 is 2.79 bits per heavy atom. The van der Waals surface area contributed by atoms with Gasteiger partial charge >= 0.3 is 6.18 Å². The molecule has 0 fully saturated rings. The van der Waals surface area contributed by atoms with E-state index in [0.717, 1.165) is 15.8 Å². The molecule has 8 heteroatoms. The lowest BCUT2D eigenvalue weighted by molar-refractivity contribution is -0.144. The van der Waals surface area contributed by atoms with Crippen LogP contribution in [0.2, 0.25) is 0 Å². The van der Waals surface area contributed by atoms with Gasteiger partial charge in [-0.05, 0) is 22.9 Å². The molecule has 0 radical (unpaired) electrons. The number of aromatic nitrogens is 4. The van der Waals surface area contributed by atoms with Crippen LogP contribution in [0, 0.1) is 6.92 Å². The molecule has 0 N–H and O–H groups in total. The van der Waals surface area contributed by atoms with E-state index in [2.05, 4.69) is 15.5 Å². The summed E-state index contributed by atoms with van der Waals surface area (Å²) in [5, 5.41) is 10.4. The summed E-state index contributed by atoms with van der Waals surface area (Å²) in [6, 6.07) is 7.76. The highest BCUT2D eigenvalue weighted by Crippen LogP contribution is 2.23. The quantitative estimate of drug-likeness (QED) is 0.811. The summed E-state index contributed by atoms with van der Waals surface area (Å²) in [7, 11) is 0. The number of rotatable bonds is 4. The molecule has 0 atom stereocenters. The van der Waals surface area contributed by atoms with Crippen molar-refractivity contribution < 1.29 is 13.2 Å². The second-order valence-electron chi connectivity index (χ2n) is 4.01. The van der Waals surface area contributed by atoms with Crippen LogP contribution in [-0.2, 0) is 12.3 Å². The minimum Gasteiger partial charge on any atom is -0.211 e. The van der Waals surface area contributed by atoms with E-state index in [1.54, 1.807) is 0 Å². The van der Waals surface area contributed by atoms with Crippen molar-refractivity contribution in [3.05, 3.63) is 35.4 Å². The number of thioether (sulfide) groups is 1. The Kier molecular flexibility index (Phi) is 4.08. The molecule has 0 saturated carbocycles. The molecule has 0 spiro atoms. The van der Waals surface area contributed by atoms with E-state index in [4.69, 9.17) is 0 Å². The number of alkyl halides is 3. The SMILES string of the molecule is Cc1cccc(CSc2nnnn2CC(F)(F)F)c1. The number of tetrazole rings is 1. The maximum atomic E-state index is 12.3. The molecule has 0 aliphatic rings. The Hall–Kier alpha value is -1.57. The largest absolute Gasteiger partial charge is 0.408 e. The topological polar surface area (TPSA) is 43.6 Å². The predicted molar refractivity (Wildman–Crippen MR) is 64.6 cm³/mol. The van der Waals surface area contributed by atoms with Crippen LogP contribution in [-0.4, -0.2) is 26.4 Å². The molecular formula is C11H11F3N4S. The normalized spacial score (nSPS) is 11.8. The summed E-state index contributed by atoms with van der Waals surface area (Å²) >= 11 is 1.18. The third-order valence-electron chi connectivity index (χ3n) is 2.28. The number of halogens is 3. The first kappa shape index (κ1) is 13.9. The number of hydrogen-bond acceptors (Lipinski definition) is 4. The van der Waals surface area contributed by atoms with Gasteiger partial charge < -0.3 is 0 Å². The Morgan fingerprint density at radius 1 is 1.32 bits per heavy atom. The van der Waals surface area contributed by atoms with Gasteiger partial charge in [0.2, 0.25) is 5.16 Å². The lowest BCUT2D eigenvalue weighted by Crippen LogP contribution is -2.19. The minimum absolute atomic E-state index is 0.166. The van der Waals surface area contributed by atoms with Crippen molar-refractivity contribution in [3.63, 3.8) is 0 Å². The fourth-order valence-electron chi connectivity index (χ4n) is 1.52. The molecule has 0 bridgehead atoms. The Balaban J connectivity index is 2.02. The summed E-state index contributed by atoms with van der Waals surface area (Å²) in [5.74, 6) is 0.528. The summed E-state index contributed by atoms with van der Waals surface area (Å²) < 4.78 is 37.6. The fourth-order valence-corrected chi connectivity index (χ4v) is 2.34. The van der Waals surface area contributed by atoms with Gasteiger partial charge in [0.1, 0.15) is 6.54 Å². The standard InChI is InChI=1S/C11H11F3N4S/c1-8-3-2-4-9(5-8)6-19-10-15-16-17-18(10)7-11(12,13)14/h2-5H,6-7H2,1H3. The monoisotopic (exact) mass is 288 g/mol. The van der Waals surface area contributed by atoms with Crippen LogP contribution in [0.4, 0.5) is 13.2 Å². The Bertz CT molecular complexity index is 553. The maximum absolute atomic E-state index is 12.3. The molecule has 0 amide bonds. The van der Waals surface area contributed by atoms with Crippen LogP contribution in [0.3, 0.4) is 0 Å². The molecule has 0 unspecified atom stereocenters. The van der Waals surface area contributed by atoms with E-state index in [-0.39, 0.29) is 5.16 Å². The van der Waals surface area contributed by atoms with Crippen molar-refractivity contribution in [1.29, 1.82) is 0 Å². The zero-order chi connectivity index (χ0) is 13.9. The number of benzene rings is 1. The minimum atomic E-state index is -4.33. The van der Waals surface area contributed by atoms with Crippen LogP contribution in [0.5, 0.6) is 0 Å². The Labute approximate surface area is 112 Å². The zero-order valence-corrected chi connectivity index (χ0v) is 10.9. The number of aryl methyl sites for hydroxylation is 1. The van der Waals surface area contributed by atoms with Crippen molar-refractivity contribution in [1.82, 2.24) is 20.2 Å². The highest BCUT2D eigenvalue weighted by atomic mass is 32.2. The van der Waals surface area contributed by atoms with Gasteiger partial charge in [-0.2, -0.15) is 13.2 Å². The molecule has 1 aromatic carbocycles. The van der Waals surface area contributed by atoms with E-state index >= 15 is 0 Å². The van der Waals surface area contributed by atoms with Crippen LogP contribution >= 0.6 is 11.8 Å². The van der Waals surface area contributed by atoms with Crippen LogP contribution in [0.25, 0.3) is 0 Å². The zero-order valence-electron chi connectivity index (χ0n) is 10.1. The number of hydrogen-bond donors (Lipinski definition) is 0. The van der Waals surface area contributed by atoms with Gasteiger partial charge in [0.05, 0.1) is 0 Å². The molecule has 2 aromatic rings. The first-order valence-electron chi connectivity index (χ1n) is 5.45. The second-order valence-corrected chi connectivity index (χ2v) is 4.95. The van der Waals surface area contributed by atoms with E-state index < -0.39 is 12.7 Å². The van der Waals surface area contributed by atoms with Gasteiger partial charge in [0.15, 0.2) is 0 Å². The third-order valence-corrected chi connectivity index (χ3v) is 3.31. The average Bonchev–Trinajstić information content (AvgIpc) is 2.71. The highest BCUT2D eigenvalue weighted by molar-refractivity contribution is 7.98. The molecule has 0 aliphatic heterocycles. The van der Waals surface area contributed by atoms with Gasteiger partial charge in [-0.1, -0.05) is 41.6 Å². The average molecular weight is 288 g/mol. The van der Waals surface area contributed by atoms with Gasteiger partial charge in [-0.25, -0.2) is 4.68 Å². The Morgan fingerprint density at radius 2 is 2.11 bits per heavy atom. The molecule has 102 valence electrons. The highest BCUT2D eigenvalue weighted by Gasteiger charge is 2.30. The number of nitrogens with zero attached hydrogens (tertiary/aromatic N) is 4. The summed E-state index contributed by atoms with van der Waals surface area (Å²) in [5.41, 5.74) is 2.12. The van der Waals surface area contributed by atoms with Crippen molar-refractivity contribution in [2.75, 3.05) is 0 Å². The van der Waals surface area contributed by atoms with Crippen molar-refractivity contribution in [3.8, 4) is 0 Å². The van der Waals surface area contributed by atoms with Crippen molar-refractivity contribution >= 4 is 11.8 Å². The predicted octanol–water partition coefficient (Wildman–Crippen LogP) is 2.84. The molecule has 19 heavy (non-hydrogen) atoms. The molecule has 1 heterocycles. The van der Waals surface area contributed by atoms with Crippen LogP contribution in [0.1, 0.15) is 11.1 Å². The van der Waals surface area contributed by atoms with Crippen LogP contribution in [0.15, 0.2) is 29.4 Å². The fraction of sp³-hybridized carbons (Fsp3) is 0.364. The van der Waals surface area contributed by atoms with E-state index in [0.29, 0.717) is 5.75 Å². The van der Waals surface area contributed by atoms with E-state index in [1.807, 2.05) is 31.2 Å². The first-order valence-corrected chi connectivity index (χ1v) is 6.44. The van der Waals surface area contributed by atoms with Gasteiger partial charge in [-0.15, -0.1) is 5.10 Å². The summed E-state index contributed by atoms with van der Waals surface area (Å²) in [6.45, 7) is 0.790. The summed E-state index contributed by atoms with van der Waals surface area (Å²) in [6.07, 6.45) is -4.33. The first-order chi connectivity index (χ1) is 8.94. The summed E-state index contributed by atoms with van der Waals surface area (Å²) in [4.78, 5) is 0. The van der Waals surface area contributed by atoms with E-state index in [1.165, 1.54) is 11.8 Å². The van der Waals surface area contributed by atoms with Gasteiger partial charge in [0.25, 0.3) is 0 Å². The smallest absolute Gasteiger partial charge is 0.211 e. The lowest BCUT2D eigenvalue weighted by Gasteiger charge is -2.07. The third kappa shape index (κ3) is 4.23. The van der Waals surface area contributed by atoms with Gasteiger partial charge in [0, 0.05) is 5.75 Å². The van der Waals surface area contributed by atoms with Crippen molar-refractivity contribution in [2.45, 2.75) is 30.6 Å². The molecular weight excluding hydrogens is 277 g/mol. The molecule has 2 rings (SSSR count). The maximum Gasteiger partial charge on any atom is 0.408 e. The molecule has 4 nitrogen and oxygen atoms in total. The lowest BCUT2D eigenvalue weighted by atomic mass is 10.2. The second kappa shape index (κ2) is 5.60. The van der Waals surface area contributed by atoms with Crippen LogP contribution < -0.4 is 0 Å².